The Hall–Kier alpha value is -2.67. The van der Waals surface area contributed by atoms with Crippen molar-refractivity contribution < 1.29 is 13.9 Å². The molecule has 6 nitrogen and oxygen atoms in total. The van der Waals surface area contributed by atoms with Crippen LogP contribution in [0, 0.1) is 12.8 Å². The summed E-state index contributed by atoms with van der Waals surface area (Å²) in [7, 11) is 0. The normalized spacial score (nSPS) is 23.7. The number of rotatable bonds is 7. The van der Waals surface area contributed by atoms with Crippen LogP contribution in [0.25, 0.3) is 0 Å². The minimum absolute atomic E-state index is 0.120. The summed E-state index contributed by atoms with van der Waals surface area (Å²) in [6, 6.07) is 14.3. The number of hydrogen-bond donors (Lipinski definition) is 0. The Labute approximate surface area is 208 Å². The average Bonchev–Trinajstić information content (AvgIpc) is 3.57. The Morgan fingerprint density at radius 2 is 1.88 bits per heavy atom. The van der Waals surface area contributed by atoms with E-state index in [1.165, 1.54) is 0 Å². The minimum atomic E-state index is -0.685. The molecule has 0 unspecified atom stereocenters. The van der Waals surface area contributed by atoms with Crippen LogP contribution < -0.4 is 0 Å². The fourth-order valence-corrected chi connectivity index (χ4v) is 5.03. The second kappa shape index (κ2) is 9.53. The quantitative estimate of drug-likeness (QED) is 0.352. The minimum Gasteiger partial charge on any atom is -0.423 e. The van der Waals surface area contributed by atoms with Gasteiger partial charge in [0, 0.05) is 23.4 Å². The SMILES string of the molecule is C=CC[C@H]1O[C@H](c2cccc(Cl)c2)[C@H](c2ccc(Cl)cc2)N([C@@H](c2nnc(C)o2)C2CC2)C1=O. The zero-order valence-corrected chi connectivity index (χ0v) is 20.2. The standard InChI is InChI=1S/C26H25Cl2N3O3/c1-3-5-21-26(32)31(23(17-8-9-17)25-30-29-15(2)33-25)22(16-10-12-19(27)13-11-16)24(34-21)18-6-4-7-20(28)14-18/h3-4,6-7,10-14,17,21-24H,1,5,8-9H2,2H3/t21-,22+,23-,24-/m1/s1. The summed E-state index contributed by atoms with van der Waals surface area (Å²) in [5, 5.41) is 9.60. The molecule has 5 rings (SSSR count). The highest BCUT2D eigenvalue weighted by Crippen LogP contribution is 2.52. The van der Waals surface area contributed by atoms with E-state index in [4.69, 9.17) is 32.4 Å². The van der Waals surface area contributed by atoms with Crippen LogP contribution in [0.5, 0.6) is 0 Å². The number of ether oxygens (including phenoxy) is 1. The van der Waals surface area contributed by atoms with Gasteiger partial charge in [0.25, 0.3) is 5.91 Å². The number of halogens is 2. The van der Waals surface area contributed by atoms with Crippen molar-refractivity contribution >= 4 is 29.1 Å². The molecule has 34 heavy (non-hydrogen) atoms. The summed E-state index contributed by atoms with van der Waals surface area (Å²) in [4.78, 5) is 15.9. The highest BCUT2D eigenvalue weighted by atomic mass is 35.5. The maximum Gasteiger partial charge on any atom is 0.253 e. The Morgan fingerprint density at radius 1 is 1.12 bits per heavy atom. The molecule has 0 radical (unpaired) electrons. The molecule has 3 aromatic rings. The number of nitrogens with zero attached hydrogens (tertiary/aromatic N) is 3. The van der Waals surface area contributed by atoms with Crippen LogP contribution in [-0.2, 0) is 9.53 Å². The van der Waals surface area contributed by atoms with E-state index >= 15 is 0 Å². The lowest BCUT2D eigenvalue weighted by Crippen LogP contribution is -2.52. The molecule has 0 bridgehead atoms. The van der Waals surface area contributed by atoms with Gasteiger partial charge in [-0.1, -0.05) is 53.5 Å². The highest BCUT2D eigenvalue weighted by Gasteiger charge is 2.52. The lowest BCUT2D eigenvalue weighted by molar-refractivity contribution is -0.181. The van der Waals surface area contributed by atoms with E-state index in [-0.39, 0.29) is 17.9 Å². The maximum absolute atomic E-state index is 14.0. The van der Waals surface area contributed by atoms with E-state index in [9.17, 15) is 4.79 Å². The lowest BCUT2D eigenvalue weighted by Gasteiger charge is -2.47. The molecule has 2 aliphatic rings. The smallest absolute Gasteiger partial charge is 0.253 e. The number of aryl methyl sites for hydroxylation is 1. The Morgan fingerprint density at radius 3 is 2.50 bits per heavy atom. The molecule has 4 atom stereocenters. The number of aromatic nitrogens is 2. The van der Waals surface area contributed by atoms with Crippen LogP contribution in [0.2, 0.25) is 10.0 Å². The summed E-state index contributed by atoms with van der Waals surface area (Å²) in [5.74, 6) is 1.04. The predicted molar refractivity (Wildman–Crippen MR) is 129 cm³/mol. The molecule has 0 spiro atoms. The number of carbonyl (C=O) groups is 1. The third-order valence-electron chi connectivity index (χ3n) is 6.36. The Bertz CT molecular complexity index is 1190. The van der Waals surface area contributed by atoms with Gasteiger partial charge in [0.1, 0.15) is 18.2 Å². The van der Waals surface area contributed by atoms with Crippen LogP contribution in [-0.4, -0.2) is 27.1 Å². The Kier molecular flexibility index (Phi) is 6.47. The molecular weight excluding hydrogens is 473 g/mol. The fraction of sp³-hybridized carbons (Fsp3) is 0.346. The molecule has 1 aliphatic heterocycles. The molecule has 8 heteroatoms. The lowest BCUT2D eigenvalue weighted by atomic mass is 9.89. The molecule has 1 saturated heterocycles. The molecule has 2 heterocycles. The maximum atomic E-state index is 14.0. The predicted octanol–water partition coefficient (Wildman–Crippen LogP) is 6.42. The number of carbonyl (C=O) groups excluding carboxylic acids is 1. The molecule has 1 amide bonds. The van der Waals surface area contributed by atoms with Crippen LogP contribution >= 0.6 is 23.2 Å². The first-order valence-corrected chi connectivity index (χ1v) is 12.1. The Balaban J connectivity index is 1.69. The first kappa shape index (κ1) is 23.1. The summed E-state index contributed by atoms with van der Waals surface area (Å²) in [6.45, 7) is 5.60. The number of morpholine rings is 1. The summed E-state index contributed by atoms with van der Waals surface area (Å²) in [6.07, 6.45) is 2.92. The molecule has 1 saturated carbocycles. The van der Waals surface area contributed by atoms with Crippen LogP contribution in [0.1, 0.15) is 60.4 Å². The van der Waals surface area contributed by atoms with Crippen molar-refractivity contribution in [2.24, 2.45) is 5.92 Å². The van der Waals surface area contributed by atoms with Crippen molar-refractivity contribution in [1.82, 2.24) is 15.1 Å². The van der Waals surface area contributed by atoms with Crippen LogP contribution in [0.3, 0.4) is 0 Å². The average molecular weight is 498 g/mol. The van der Waals surface area contributed by atoms with Gasteiger partial charge in [-0.3, -0.25) is 4.79 Å². The van der Waals surface area contributed by atoms with Crippen molar-refractivity contribution in [1.29, 1.82) is 0 Å². The van der Waals surface area contributed by atoms with Gasteiger partial charge >= 0.3 is 0 Å². The van der Waals surface area contributed by atoms with E-state index in [1.807, 2.05) is 53.4 Å². The fourth-order valence-electron chi connectivity index (χ4n) is 4.71. The highest BCUT2D eigenvalue weighted by molar-refractivity contribution is 6.30. The second-order valence-corrected chi connectivity index (χ2v) is 9.68. The van der Waals surface area contributed by atoms with Crippen molar-refractivity contribution in [3.8, 4) is 0 Å². The first-order chi connectivity index (χ1) is 16.5. The third kappa shape index (κ3) is 4.50. The van der Waals surface area contributed by atoms with Gasteiger partial charge in [-0.25, -0.2) is 0 Å². The number of amides is 1. The second-order valence-electron chi connectivity index (χ2n) is 8.81. The zero-order valence-electron chi connectivity index (χ0n) is 18.7. The molecule has 1 aromatic heterocycles. The first-order valence-electron chi connectivity index (χ1n) is 11.4. The number of benzene rings is 2. The van der Waals surface area contributed by atoms with Gasteiger partial charge in [-0.2, -0.15) is 0 Å². The van der Waals surface area contributed by atoms with Gasteiger partial charge in [-0.15, -0.1) is 16.8 Å². The van der Waals surface area contributed by atoms with Gasteiger partial charge in [0.05, 0.1) is 6.04 Å². The molecule has 0 N–H and O–H groups in total. The van der Waals surface area contributed by atoms with E-state index in [1.54, 1.807) is 13.0 Å². The van der Waals surface area contributed by atoms with E-state index < -0.39 is 18.2 Å². The van der Waals surface area contributed by atoms with E-state index in [0.29, 0.717) is 28.2 Å². The zero-order chi connectivity index (χ0) is 23.8. The van der Waals surface area contributed by atoms with Gasteiger partial charge < -0.3 is 14.1 Å². The topological polar surface area (TPSA) is 68.5 Å². The van der Waals surface area contributed by atoms with Crippen molar-refractivity contribution in [2.45, 2.75) is 50.5 Å². The largest absolute Gasteiger partial charge is 0.423 e. The van der Waals surface area contributed by atoms with E-state index in [2.05, 4.69) is 16.8 Å². The summed E-state index contributed by atoms with van der Waals surface area (Å²) >= 11 is 12.6. The van der Waals surface area contributed by atoms with Crippen molar-refractivity contribution in [2.75, 3.05) is 0 Å². The van der Waals surface area contributed by atoms with Crippen molar-refractivity contribution in [3.63, 3.8) is 0 Å². The van der Waals surface area contributed by atoms with Gasteiger partial charge in [-0.05, 0) is 54.2 Å². The summed E-state index contributed by atoms with van der Waals surface area (Å²) < 4.78 is 12.4. The molecular formula is C26H25Cl2N3O3. The molecule has 1 aliphatic carbocycles. The van der Waals surface area contributed by atoms with E-state index in [0.717, 1.165) is 24.0 Å². The van der Waals surface area contributed by atoms with Crippen LogP contribution in [0.4, 0.5) is 0 Å². The number of hydrogen-bond acceptors (Lipinski definition) is 5. The molecule has 2 aromatic carbocycles. The van der Waals surface area contributed by atoms with Crippen molar-refractivity contribution in [3.05, 3.63) is 94.1 Å². The van der Waals surface area contributed by atoms with Gasteiger partial charge in [0.2, 0.25) is 11.8 Å². The monoisotopic (exact) mass is 497 g/mol. The molecule has 176 valence electrons. The molecule has 2 fully saturated rings. The van der Waals surface area contributed by atoms with Gasteiger partial charge in [0.15, 0.2) is 0 Å². The third-order valence-corrected chi connectivity index (χ3v) is 6.85. The summed E-state index contributed by atoms with van der Waals surface area (Å²) in [5.41, 5.74) is 1.79. The van der Waals surface area contributed by atoms with Crippen LogP contribution in [0.15, 0.2) is 65.6 Å².